The van der Waals surface area contributed by atoms with Crippen molar-refractivity contribution in [2.24, 2.45) is 0 Å². The minimum Gasteiger partial charge on any atom is -0.380 e. The molecule has 2 aliphatic rings. The average molecular weight is 336 g/mol. The van der Waals surface area contributed by atoms with E-state index >= 15 is 0 Å². The van der Waals surface area contributed by atoms with E-state index < -0.39 is 14.6 Å². The van der Waals surface area contributed by atoms with E-state index in [2.05, 4.69) is 5.32 Å². The fraction of sp³-hybridized carbons (Fsp3) is 0.588. The van der Waals surface area contributed by atoms with E-state index in [9.17, 15) is 13.2 Å². The van der Waals surface area contributed by atoms with Crippen LogP contribution in [-0.4, -0.2) is 49.4 Å². The maximum atomic E-state index is 12.9. The molecule has 1 unspecified atom stereocenters. The Balaban J connectivity index is 1.70. The van der Waals surface area contributed by atoms with Gasteiger partial charge >= 0.3 is 0 Å². The summed E-state index contributed by atoms with van der Waals surface area (Å²) < 4.78 is 23.4. The Bertz CT molecular complexity index is 666. The van der Waals surface area contributed by atoms with Crippen LogP contribution in [0.3, 0.4) is 0 Å². The van der Waals surface area contributed by atoms with Gasteiger partial charge in [-0.05, 0) is 31.4 Å². The molecule has 1 aliphatic heterocycles. The molecule has 6 heteroatoms. The highest BCUT2D eigenvalue weighted by molar-refractivity contribution is 7.92. The highest BCUT2D eigenvalue weighted by Crippen LogP contribution is 2.39. The van der Waals surface area contributed by atoms with Crippen LogP contribution in [0.5, 0.6) is 0 Å². The van der Waals surface area contributed by atoms with Crippen molar-refractivity contribution in [1.29, 1.82) is 0 Å². The Labute approximate surface area is 138 Å². The van der Waals surface area contributed by atoms with Crippen LogP contribution >= 0.6 is 0 Å². The van der Waals surface area contributed by atoms with Gasteiger partial charge in [0.2, 0.25) is 5.91 Å². The molecule has 1 N–H and O–H groups in total. The molecule has 0 bridgehead atoms. The number of nitrogens with one attached hydrogen (secondary N) is 1. The molecule has 1 atom stereocenters. The summed E-state index contributed by atoms with van der Waals surface area (Å²) in [6.45, 7) is 1.20. The number of anilines is 1. The smallest absolute Gasteiger partial charge is 0.244 e. The maximum absolute atomic E-state index is 12.9. The van der Waals surface area contributed by atoms with Gasteiger partial charge in [-0.15, -0.1) is 0 Å². The summed E-state index contributed by atoms with van der Waals surface area (Å²) in [5.74, 6) is -0.185. The molecular formula is C17H24N2O3S. The van der Waals surface area contributed by atoms with Crippen molar-refractivity contribution in [3.05, 3.63) is 30.3 Å². The Morgan fingerprint density at radius 1 is 1.22 bits per heavy atom. The van der Waals surface area contributed by atoms with E-state index in [1.165, 1.54) is 6.26 Å². The lowest BCUT2D eigenvalue weighted by atomic mass is 10.1. The molecule has 1 amide bonds. The summed E-state index contributed by atoms with van der Waals surface area (Å²) in [6.07, 6.45) is 4.64. The van der Waals surface area contributed by atoms with E-state index in [-0.39, 0.29) is 11.9 Å². The van der Waals surface area contributed by atoms with Gasteiger partial charge in [0, 0.05) is 31.1 Å². The molecule has 0 radical (unpaired) electrons. The molecule has 1 aromatic carbocycles. The molecular weight excluding hydrogens is 312 g/mol. The first kappa shape index (κ1) is 16.3. The van der Waals surface area contributed by atoms with Crippen molar-refractivity contribution in [2.75, 3.05) is 24.7 Å². The molecule has 2 fully saturated rings. The monoisotopic (exact) mass is 336 g/mol. The molecule has 0 aromatic heterocycles. The molecule has 1 saturated carbocycles. The quantitative estimate of drug-likeness (QED) is 0.914. The van der Waals surface area contributed by atoms with Gasteiger partial charge in [0.05, 0.1) is 0 Å². The van der Waals surface area contributed by atoms with Gasteiger partial charge in [-0.1, -0.05) is 31.0 Å². The van der Waals surface area contributed by atoms with Crippen LogP contribution in [-0.2, 0) is 14.6 Å². The third-order valence-electron chi connectivity index (χ3n) is 5.13. The van der Waals surface area contributed by atoms with Crippen molar-refractivity contribution in [2.45, 2.75) is 42.9 Å². The van der Waals surface area contributed by atoms with E-state index in [4.69, 9.17) is 0 Å². The Hall–Kier alpha value is -1.56. The zero-order valence-electron chi connectivity index (χ0n) is 13.5. The number of carbonyl (C=O) groups excluding carboxylic acids is 1. The molecule has 1 aliphatic carbocycles. The van der Waals surface area contributed by atoms with Crippen molar-refractivity contribution < 1.29 is 13.2 Å². The molecule has 23 heavy (non-hydrogen) atoms. The van der Waals surface area contributed by atoms with Gasteiger partial charge in [0.25, 0.3) is 0 Å². The second kappa shape index (κ2) is 6.15. The zero-order chi connectivity index (χ0) is 16.5. The molecule has 126 valence electrons. The van der Waals surface area contributed by atoms with Gasteiger partial charge in [-0.25, -0.2) is 8.42 Å². The lowest BCUT2D eigenvalue weighted by Gasteiger charge is -2.30. The maximum Gasteiger partial charge on any atom is 0.244 e. The van der Waals surface area contributed by atoms with Crippen LogP contribution in [0.15, 0.2) is 30.3 Å². The highest BCUT2D eigenvalue weighted by Gasteiger charge is 2.52. The molecule has 5 nitrogen and oxygen atoms in total. The minimum atomic E-state index is -3.39. The van der Waals surface area contributed by atoms with Crippen molar-refractivity contribution in [1.82, 2.24) is 4.90 Å². The van der Waals surface area contributed by atoms with Crippen LogP contribution in [0.1, 0.15) is 32.1 Å². The van der Waals surface area contributed by atoms with Crippen LogP contribution in [0.25, 0.3) is 0 Å². The van der Waals surface area contributed by atoms with E-state index in [1.54, 1.807) is 4.90 Å². The fourth-order valence-electron chi connectivity index (χ4n) is 3.81. The Morgan fingerprint density at radius 2 is 1.87 bits per heavy atom. The molecule has 1 heterocycles. The molecule has 3 rings (SSSR count). The van der Waals surface area contributed by atoms with Crippen molar-refractivity contribution in [3.63, 3.8) is 0 Å². The Morgan fingerprint density at radius 3 is 2.48 bits per heavy atom. The van der Waals surface area contributed by atoms with Crippen molar-refractivity contribution >= 4 is 21.4 Å². The molecule has 1 saturated heterocycles. The van der Waals surface area contributed by atoms with Gasteiger partial charge in [-0.3, -0.25) is 4.79 Å². The summed E-state index contributed by atoms with van der Waals surface area (Å²) in [5.41, 5.74) is 1.03. The second-order valence-electron chi connectivity index (χ2n) is 6.72. The number of benzene rings is 1. The topological polar surface area (TPSA) is 66.5 Å². The molecule has 0 spiro atoms. The van der Waals surface area contributed by atoms with Crippen LogP contribution < -0.4 is 5.32 Å². The standard InChI is InChI=1S/C17H24N2O3S/c1-23(21,22)17(10-5-6-11-17)16(20)19-12-9-15(13-19)18-14-7-3-2-4-8-14/h2-4,7-8,15,18H,5-6,9-13H2,1H3. The third kappa shape index (κ3) is 3.09. The number of hydrogen-bond donors (Lipinski definition) is 1. The lowest BCUT2D eigenvalue weighted by molar-refractivity contribution is -0.132. The number of rotatable bonds is 4. The van der Waals surface area contributed by atoms with E-state index in [0.29, 0.717) is 25.9 Å². The number of hydrogen-bond acceptors (Lipinski definition) is 4. The SMILES string of the molecule is CS(=O)(=O)C1(C(=O)N2CCC(Nc3ccccc3)C2)CCCC1. The van der Waals surface area contributed by atoms with Crippen LogP contribution in [0, 0.1) is 0 Å². The predicted molar refractivity (Wildman–Crippen MR) is 91.1 cm³/mol. The summed E-state index contributed by atoms with van der Waals surface area (Å²) >= 11 is 0. The van der Waals surface area contributed by atoms with Gasteiger partial charge in [-0.2, -0.15) is 0 Å². The summed E-state index contributed by atoms with van der Waals surface area (Å²) in [4.78, 5) is 14.7. The molecule has 1 aromatic rings. The average Bonchev–Trinajstić information content (AvgIpc) is 3.16. The summed E-state index contributed by atoms with van der Waals surface area (Å²) in [7, 11) is -3.39. The van der Waals surface area contributed by atoms with E-state index in [0.717, 1.165) is 24.9 Å². The number of para-hydroxylation sites is 1. The lowest BCUT2D eigenvalue weighted by Crippen LogP contribution is -2.51. The number of sulfone groups is 1. The largest absolute Gasteiger partial charge is 0.380 e. The normalized spacial score (nSPS) is 23.9. The highest BCUT2D eigenvalue weighted by atomic mass is 32.2. The van der Waals surface area contributed by atoms with Crippen LogP contribution in [0.2, 0.25) is 0 Å². The minimum absolute atomic E-state index is 0.180. The van der Waals surface area contributed by atoms with Gasteiger partial charge in [0.15, 0.2) is 14.6 Å². The van der Waals surface area contributed by atoms with E-state index in [1.807, 2.05) is 30.3 Å². The van der Waals surface area contributed by atoms with Gasteiger partial charge < -0.3 is 10.2 Å². The fourth-order valence-corrected chi connectivity index (χ4v) is 5.29. The van der Waals surface area contributed by atoms with Crippen LogP contribution in [0.4, 0.5) is 5.69 Å². The van der Waals surface area contributed by atoms with Gasteiger partial charge in [0.1, 0.15) is 0 Å². The first-order valence-electron chi connectivity index (χ1n) is 8.23. The van der Waals surface area contributed by atoms with Crippen molar-refractivity contribution in [3.8, 4) is 0 Å². The first-order valence-corrected chi connectivity index (χ1v) is 10.1. The predicted octanol–water partition coefficient (Wildman–Crippen LogP) is 2.06. The Kier molecular flexibility index (Phi) is 4.36. The number of likely N-dealkylation sites (tertiary alicyclic amines) is 1. The summed E-state index contributed by atoms with van der Waals surface area (Å²) in [6, 6.07) is 10.1. The second-order valence-corrected chi connectivity index (χ2v) is 9.05. The summed E-state index contributed by atoms with van der Waals surface area (Å²) in [5, 5.41) is 3.42. The number of nitrogens with zero attached hydrogens (tertiary/aromatic N) is 1. The first-order chi connectivity index (χ1) is 10.9. The number of amides is 1. The zero-order valence-corrected chi connectivity index (χ0v) is 14.3. The number of carbonyl (C=O) groups is 1. The third-order valence-corrected chi connectivity index (χ3v) is 7.13.